The molecule has 0 bridgehead atoms. The van der Waals surface area contributed by atoms with Crippen molar-refractivity contribution in [2.24, 2.45) is 5.41 Å². The van der Waals surface area contributed by atoms with E-state index in [9.17, 15) is 5.11 Å². The summed E-state index contributed by atoms with van der Waals surface area (Å²) in [4.78, 5) is 0. The normalized spacial score (nSPS) is 11.6. The Kier molecular flexibility index (Phi) is 6.20. The van der Waals surface area contributed by atoms with Crippen molar-refractivity contribution in [3.8, 4) is 0 Å². The maximum absolute atomic E-state index is 9.20. The lowest BCUT2D eigenvalue weighted by Gasteiger charge is -2.22. The first-order chi connectivity index (χ1) is 8.57. The number of nitrogens with one attached hydrogen (secondary N) is 1. The van der Waals surface area contributed by atoms with Gasteiger partial charge in [-0.2, -0.15) is 0 Å². The van der Waals surface area contributed by atoms with Gasteiger partial charge in [0.15, 0.2) is 0 Å². The molecule has 0 atom stereocenters. The zero-order chi connectivity index (χ0) is 13.4. The minimum Gasteiger partial charge on any atom is -0.396 e. The maximum atomic E-state index is 9.20. The zero-order valence-electron chi connectivity index (χ0n) is 12.0. The van der Waals surface area contributed by atoms with Crippen LogP contribution in [0.3, 0.4) is 0 Å². The van der Waals surface area contributed by atoms with Crippen molar-refractivity contribution in [3.63, 3.8) is 0 Å². The fourth-order valence-electron chi connectivity index (χ4n) is 1.77. The van der Waals surface area contributed by atoms with Gasteiger partial charge in [-0.25, -0.2) is 0 Å². The monoisotopic (exact) mass is 249 g/mol. The summed E-state index contributed by atoms with van der Waals surface area (Å²) in [5.41, 5.74) is 2.48. The van der Waals surface area contributed by atoms with Crippen LogP contribution in [0.5, 0.6) is 0 Å². The predicted molar refractivity (Wildman–Crippen MR) is 79.0 cm³/mol. The van der Waals surface area contributed by atoms with Crippen LogP contribution in [-0.2, 0) is 6.42 Å². The highest BCUT2D eigenvalue weighted by molar-refractivity contribution is 5.44. The van der Waals surface area contributed by atoms with E-state index in [1.54, 1.807) is 0 Å². The molecule has 0 fully saturated rings. The minimum atomic E-state index is -0.0696. The molecular formula is C16H27NO. The summed E-state index contributed by atoms with van der Waals surface area (Å²) in [6, 6.07) is 8.66. The van der Waals surface area contributed by atoms with Crippen molar-refractivity contribution < 1.29 is 5.11 Å². The SMILES string of the molecule is CCCCCc1ccc(NCC(C)(C)CO)cc1. The highest BCUT2D eigenvalue weighted by atomic mass is 16.3. The summed E-state index contributed by atoms with van der Waals surface area (Å²) in [5, 5.41) is 12.6. The van der Waals surface area contributed by atoms with E-state index in [1.807, 2.05) is 0 Å². The number of aliphatic hydroxyl groups is 1. The second-order valence-corrected chi connectivity index (χ2v) is 5.83. The number of hydrogen-bond donors (Lipinski definition) is 2. The van der Waals surface area contributed by atoms with Gasteiger partial charge in [0, 0.05) is 24.3 Å². The van der Waals surface area contributed by atoms with Gasteiger partial charge in [0.1, 0.15) is 0 Å². The summed E-state index contributed by atoms with van der Waals surface area (Å²) in [6.07, 6.45) is 5.04. The Morgan fingerprint density at radius 1 is 1.11 bits per heavy atom. The van der Waals surface area contributed by atoms with Crippen LogP contribution in [0.4, 0.5) is 5.69 Å². The van der Waals surface area contributed by atoms with Gasteiger partial charge in [0.05, 0.1) is 0 Å². The molecule has 0 aliphatic rings. The average molecular weight is 249 g/mol. The van der Waals surface area contributed by atoms with Gasteiger partial charge < -0.3 is 10.4 Å². The Balaban J connectivity index is 2.40. The van der Waals surface area contributed by atoms with Crippen LogP contribution in [0, 0.1) is 5.41 Å². The Bertz CT molecular complexity index is 329. The molecule has 0 amide bonds. The van der Waals surface area contributed by atoms with E-state index < -0.39 is 0 Å². The van der Waals surface area contributed by atoms with Crippen molar-refractivity contribution >= 4 is 5.69 Å². The molecule has 1 aromatic rings. The molecule has 0 aliphatic carbocycles. The first kappa shape index (κ1) is 15.0. The van der Waals surface area contributed by atoms with E-state index >= 15 is 0 Å². The highest BCUT2D eigenvalue weighted by Crippen LogP contribution is 2.17. The summed E-state index contributed by atoms with van der Waals surface area (Å²) < 4.78 is 0. The topological polar surface area (TPSA) is 32.3 Å². The van der Waals surface area contributed by atoms with E-state index in [0.29, 0.717) is 0 Å². The van der Waals surface area contributed by atoms with Gasteiger partial charge in [-0.15, -0.1) is 0 Å². The number of unbranched alkanes of at least 4 members (excludes halogenated alkanes) is 2. The number of benzene rings is 1. The first-order valence-corrected chi connectivity index (χ1v) is 7.01. The first-order valence-electron chi connectivity index (χ1n) is 7.01. The van der Waals surface area contributed by atoms with Crippen LogP contribution in [0.1, 0.15) is 45.6 Å². The molecule has 0 spiro atoms. The second kappa shape index (κ2) is 7.42. The lowest BCUT2D eigenvalue weighted by atomic mass is 9.95. The van der Waals surface area contributed by atoms with Crippen LogP contribution < -0.4 is 5.32 Å². The number of rotatable bonds is 8. The zero-order valence-corrected chi connectivity index (χ0v) is 12.0. The van der Waals surface area contributed by atoms with Crippen molar-refractivity contribution in [1.29, 1.82) is 0 Å². The molecule has 2 nitrogen and oxygen atoms in total. The van der Waals surface area contributed by atoms with E-state index in [1.165, 1.54) is 31.2 Å². The maximum Gasteiger partial charge on any atom is 0.0498 e. The Hall–Kier alpha value is -1.02. The summed E-state index contributed by atoms with van der Waals surface area (Å²) in [6.45, 7) is 7.34. The molecule has 0 heterocycles. The number of aryl methyl sites for hydroxylation is 1. The number of anilines is 1. The minimum absolute atomic E-state index is 0.0696. The summed E-state index contributed by atoms with van der Waals surface area (Å²) >= 11 is 0. The van der Waals surface area contributed by atoms with Crippen molar-refractivity contribution in [3.05, 3.63) is 29.8 Å². The van der Waals surface area contributed by atoms with Crippen molar-refractivity contribution in [2.45, 2.75) is 46.5 Å². The molecule has 0 radical (unpaired) electrons. The fourth-order valence-corrected chi connectivity index (χ4v) is 1.77. The molecule has 0 aromatic heterocycles. The van der Waals surface area contributed by atoms with Gasteiger partial charge in [0.2, 0.25) is 0 Å². The largest absolute Gasteiger partial charge is 0.396 e. The molecule has 2 N–H and O–H groups in total. The molecule has 102 valence electrons. The summed E-state index contributed by atoms with van der Waals surface area (Å²) in [7, 11) is 0. The highest BCUT2D eigenvalue weighted by Gasteiger charge is 2.15. The Morgan fingerprint density at radius 2 is 1.78 bits per heavy atom. The number of aliphatic hydroxyl groups excluding tert-OH is 1. The lowest BCUT2D eigenvalue weighted by molar-refractivity contribution is 0.171. The van der Waals surface area contributed by atoms with Crippen molar-refractivity contribution in [1.82, 2.24) is 0 Å². The van der Waals surface area contributed by atoms with Crippen LogP contribution in [0.25, 0.3) is 0 Å². The van der Waals surface area contributed by atoms with E-state index in [4.69, 9.17) is 0 Å². The standard InChI is InChI=1S/C16H27NO/c1-4-5-6-7-14-8-10-15(11-9-14)17-12-16(2,3)13-18/h8-11,17-18H,4-7,12-13H2,1-3H3. The molecule has 0 saturated carbocycles. The quantitative estimate of drug-likeness (QED) is 0.686. The Labute approximate surface area is 111 Å². The van der Waals surface area contributed by atoms with Crippen LogP contribution >= 0.6 is 0 Å². The molecule has 0 aliphatic heterocycles. The van der Waals surface area contributed by atoms with Gasteiger partial charge in [-0.1, -0.05) is 45.7 Å². The second-order valence-electron chi connectivity index (χ2n) is 5.83. The van der Waals surface area contributed by atoms with Gasteiger partial charge in [-0.05, 0) is 30.5 Å². The summed E-state index contributed by atoms with van der Waals surface area (Å²) in [5.74, 6) is 0. The molecule has 0 unspecified atom stereocenters. The molecule has 0 saturated heterocycles. The number of hydrogen-bond acceptors (Lipinski definition) is 2. The fraction of sp³-hybridized carbons (Fsp3) is 0.625. The predicted octanol–water partition coefficient (Wildman–Crippen LogP) is 3.85. The Morgan fingerprint density at radius 3 is 2.33 bits per heavy atom. The lowest BCUT2D eigenvalue weighted by Crippen LogP contribution is -2.26. The van der Waals surface area contributed by atoms with Crippen molar-refractivity contribution in [2.75, 3.05) is 18.5 Å². The van der Waals surface area contributed by atoms with Crippen LogP contribution in [0.15, 0.2) is 24.3 Å². The molecule has 2 heteroatoms. The van der Waals surface area contributed by atoms with Gasteiger partial charge in [0.25, 0.3) is 0 Å². The third-order valence-electron chi connectivity index (χ3n) is 3.22. The smallest absolute Gasteiger partial charge is 0.0498 e. The average Bonchev–Trinajstić information content (AvgIpc) is 2.38. The van der Waals surface area contributed by atoms with Gasteiger partial charge >= 0.3 is 0 Å². The van der Waals surface area contributed by atoms with E-state index in [2.05, 4.69) is 50.4 Å². The van der Waals surface area contributed by atoms with Crippen LogP contribution in [0.2, 0.25) is 0 Å². The molecule has 18 heavy (non-hydrogen) atoms. The molecular weight excluding hydrogens is 222 g/mol. The molecule has 1 rings (SSSR count). The van der Waals surface area contributed by atoms with E-state index in [-0.39, 0.29) is 12.0 Å². The van der Waals surface area contributed by atoms with Crippen LogP contribution in [-0.4, -0.2) is 18.3 Å². The third kappa shape index (κ3) is 5.54. The van der Waals surface area contributed by atoms with Gasteiger partial charge in [-0.3, -0.25) is 0 Å². The third-order valence-corrected chi connectivity index (χ3v) is 3.22. The van der Waals surface area contributed by atoms with E-state index in [0.717, 1.165) is 12.2 Å². The molecule has 1 aromatic carbocycles.